The number of nitrogens with zero attached hydrogens (tertiary/aromatic N) is 2. The van der Waals surface area contributed by atoms with E-state index < -0.39 is 0 Å². The van der Waals surface area contributed by atoms with Crippen molar-refractivity contribution in [2.75, 3.05) is 7.11 Å². The van der Waals surface area contributed by atoms with Crippen LogP contribution in [0.1, 0.15) is 0 Å². The summed E-state index contributed by atoms with van der Waals surface area (Å²) in [4.78, 5) is 12.1. The molecule has 0 fully saturated rings. The van der Waals surface area contributed by atoms with Gasteiger partial charge in [-0.1, -0.05) is 6.07 Å². The first-order valence-corrected chi connectivity index (χ1v) is 5.30. The zero-order valence-corrected chi connectivity index (χ0v) is 9.03. The third kappa shape index (κ3) is 2.24. The molecule has 0 aliphatic heterocycles. The Balaban J connectivity index is 2.14. The molecule has 0 aromatic carbocycles. The van der Waals surface area contributed by atoms with Crippen molar-refractivity contribution in [3.63, 3.8) is 0 Å². The molecular weight excluding hydrogens is 212 g/mol. The van der Waals surface area contributed by atoms with Crippen LogP contribution in [0.5, 0.6) is 0 Å². The van der Waals surface area contributed by atoms with Gasteiger partial charge < -0.3 is 4.74 Å². The Kier molecular flexibility index (Phi) is 2.82. The average molecular weight is 222 g/mol. The van der Waals surface area contributed by atoms with E-state index in [4.69, 9.17) is 0 Å². The summed E-state index contributed by atoms with van der Waals surface area (Å²) in [6, 6.07) is 4.00. The number of methoxy groups -OCH3 is 1. The monoisotopic (exact) mass is 222 g/mol. The first-order valence-electron chi connectivity index (χ1n) is 4.43. The van der Waals surface area contributed by atoms with Crippen molar-refractivity contribution >= 4 is 17.3 Å². The molecule has 0 aliphatic carbocycles. The van der Waals surface area contributed by atoms with E-state index in [0.29, 0.717) is 0 Å². The Hall–Kier alpha value is -1.62. The van der Waals surface area contributed by atoms with Crippen LogP contribution in [0, 0.1) is 0 Å². The van der Waals surface area contributed by atoms with Gasteiger partial charge in [-0.3, -0.25) is 9.48 Å². The van der Waals surface area contributed by atoms with Crippen LogP contribution in [0.3, 0.4) is 0 Å². The van der Waals surface area contributed by atoms with Crippen molar-refractivity contribution in [1.82, 2.24) is 9.78 Å². The third-order valence-corrected chi connectivity index (χ3v) is 2.88. The molecule has 0 spiro atoms. The van der Waals surface area contributed by atoms with Crippen LogP contribution in [0.25, 0.3) is 10.4 Å². The highest BCUT2D eigenvalue weighted by atomic mass is 32.1. The van der Waals surface area contributed by atoms with Crippen molar-refractivity contribution in [1.29, 1.82) is 0 Å². The number of thiophene rings is 1. The lowest BCUT2D eigenvalue weighted by atomic mass is 10.3. The molecule has 0 atom stereocenters. The van der Waals surface area contributed by atoms with Gasteiger partial charge in [0.05, 0.1) is 13.3 Å². The Morgan fingerprint density at radius 2 is 2.53 bits per heavy atom. The summed E-state index contributed by atoms with van der Waals surface area (Å²) in [7, 11) is 1.37. The predicted molar refractivity (Wildman–Crippen MR) is 57.6 cm³/mol. The van der Waals surface area contributed by atoms with Gasteiger partial charge in [0.15, 0.2) is 0 Å². The van der Waals surface area contributed by atoms with E-state index in [9.17, 15) is 4.79 Å². The summed E-state index contributed by atoms with van der Waals surface area (Å²) in [5, 5.41) is 6.09. The number of hydrogen-bond acceptors (Lipinski definition) is 4. The van der Waals surface area contributed by atoms with Crippen LogP contribution in [-0.4, -0.2) is 22.9 Å². The minimum atomic E-state index is -0.296. The molecule has 2 rings (SSSR count). The Labute approximate surface area is 91.1 Å². The summed E-state index contributed by atoms with van der Waals surface area (Å²) in [6.45, 7) is 0.155. The zero-order valence-electron chi connectivity index (χ0n) is 8.21. The number of rotatable bonds is 3. The van der Waals surface area contributed by atoms with Crippen molar-refractivity contribution in [2.24, 2.45) is 0 Å². The molecule has 2 aromatic heterocycles. The molecule has 0 amide bonds. The SMILES string of the molecule is COC(=O)Cn1cc(-c2cccs2)cn1. The quantitative estimate of drug-likeness (QED) is 0.743. The zero-order chi connectivity index (χ0) is 10.7. The normalized spacial score (nSPS) is 10.2. The minimum Gasteiger partial charge on any atom is -0.468 e. The van der Waals surface area contributed by atoms with E-state index in [1.165, 1.54) is 7.11 Å². The second-order valence-electron chi connectivity index (χ2n) is 2.98. The van der Waals surface area contributed by atoms with Gasteiger partial charge >= 0.3 is 5.97 Å². The fourth-order valence-electron chi connectivity index (χ4n) is 1.22. The topological polar surface area (TPSA) is 44.1 Å². The number of carbonyl (C=O) groups excluding carboxylic acids is 1. The molecule has 0 saturated heterocycles. The van der Waals surface area contributed by atoms with Crippen molar-refractivity contribution in [3.8, 4) is 10.4 Å². The molecule has 0 bridgehead atoms. The molecule has 15 heavy (non-hydrogen) atoms. The average Bonchev–Trinajstić information content (AvgIpc) is 2.85. The molecule has 0 aliphatic rings. The first-order chi connectivity index (χ1) is 7.29. The van der Waals surface area contributed by atoms with Gasteiger partial charge in [0.2, 0.25) is 0 Å². The van der Waals surface area contributed by atoms with Crippen LogP contribution in [0.4, 0.5) is 0 Å². The highest BCUT2D eigenvalue weighted by Gasteiger charge is 2.05. The van der Waals surface area contributed by atoms with Gasteiger partial charge in [-0.2, -0.15) is 5.10 Å². The first kappa shape index (κ1) is 9.92. The molecule has 2 heterocycles. The number of hydrogen-bond donors (Lipinski definition) is 0. The maximum atomic E-state index is 11.0. The molecular formula is C10H10N2O2S. The lowest BCUT2D eigenvalue weighted by molar-refractivity contribution is -0.141. The molecule has 78 valence electrons. The van der Waals surface area contributed by atoms with E-state index in [-0.39, 0.29) is 12.5 Å². The molecule has 0 unspecified atom stereocenters. The van der Waals surface area contributed by atoms with E-state index in [1.807, 2.05) is 23.7 Å². The lowest BCUT2D eigenvalue weighted by Crippen LogP contribution is -2.11. The number of ether oxygens (including phenoxy) is 1. The van der Waals surface area contributed by atoms with Crippen molar-refractivity contribution in [3.05, 3.63) is 29.9 Å². The highest BCUT2D eigenvalue weighted by molar-refractivity contribution is 7.13. The number of aromatic nitrogens is 2. The van der Waals surface area contributed by atoms with Gasteiger partial charge in [0, 0.05) is 16.6 Å². The number of esters is 1. The third-order valence-electron chi connectivity index (χ3n) is 1.96. The largest absolute Gasteiger partial charge is 0.468 e. The smallest absolute Gasteiger partial charge is 0.327 e. The van der Waals surface area contributed by atoms with Gasteiger partial charge in [0.1, 0.15) is 6.54 Å². The van der Waals surface area contributed by atoms with Crippen LogP contribution in [0.2, 0.25) is 0 Å². The second kappa shape index (κ2) is 4.27. The lowest BCUT2D eigenvalue weighted by Gasteiger charge is -1.97. The maximum Gasteiger partial charge on any atom is 0.327 e. The minimum absolute atomic E-state index is 0.155. The summed E-state index contributed by atoms with van der Waals surface area (Å²) in [6.07, 6.45) is 3.58. The molecule has 2 aromatic rings. The van der Waals surface area contributed by atoms with Crippen LogP contribution in [-0.2, 0) is 16.1 Å². The van der Waals surface area contributed by atoms with Crippen LogP contribution in [0.15, 0.2) is 29.9 Å². The maximum absolute atomic E-state index is 11.0. The van der Waals surface area contributed by atoms with Gasteiger partial charge in [-0.15, -0.1) is 11.3 Å². The predicted octanol–water partition coefficient (Wildman–Crippen LogP) is 1.78. The van der Waals surface area contributed by atoms with Crippen LogP contribution < -0.4 is 0 Å². The highest BCUT2D eigenvalue weighted by Crippen LogP contribution is 2.23. The summed E-state index contributed by atoms with van der Waals surface area (Å²) >= 11 is 1.64. The number of carbonyl (C=O) groups is 1. The van der Waals surface area contributed by atoms with Gasteiger partial charge in [-0.25, -0.2) is 0 Å². The fraction of sp³-hybridized carbons (Fsp3) is 0.200. The summed E-state index contributed by atoms with van der Waals surface area (Å²) in [5.74, 6) is -0.296. The van der Waals surface area contributed by atoms with Gasteiger partial charge in [-0.05, 0) is 11.4 Å². The van der Waals surface area contributed by atoms with Crippen LogP contribution >= 0.6 is 11.3 Å². The summed E-state index contributed by atoms with van der Waals surface area (Å²) in [5.41, 5.74) is 1.02. The molecule has 0 radical (unpaired) electrons. The second-order valence-corrected chi connectivity index (χ2v) is 3.93. The molecule has 5 heteroatoms. The van der Waals surface area contributed by atoms with E-state index in [0.717, 1.165) is 10.4 Å². The molecule has 0 saturated carbocycles. The van der Waals surface area contributed by atoms with E-state index >= 15 is 0 Å². The molecule has 0 N–H and O–H groups in total. The van der Waals surface area contributed by atoms with E-state index in [2.05, 4.69) is 9.84 Å². The van der Waals surface area contributed by atoms with Crippen molar-refractivity contribution < 1.29 is 9.53 Å². The summed E-state index contributed by atoms with van der Waals surface area (Å²) < 4.78 is 6.13. The Bertz CT molecular complexity index is 448. The fourth-order valence-corrected chi connectivity index (χ4v) is 1.92. The van der Waals surface area contributed by atoms with Gasteiger partial charge in [0.25, 0.3) is 0 Å². The van der Waals surface area contributed by atoms with E-state index in [1.54, 1.807) is 22.2 Å². The standard InChI is InChI=1S/C10H10N2O2S/c1-14-10(13)7-12-6-8(5-11-12)9-3-2-4-15-9/h2-6H,7H2,1H3. The molecule has 4 nitrogen and oxygen atoms in total. The van der Waals surface area contributed by atoms with Crippen molar-refractivity contribution in [2.45, 2.75) is 6.54 Å². The Morgan fingerprint density at radius 1 is 1.67 bits per heavy atom. The Morgan fingerprint density at radius 3 is 3.20 bits per heavy atom.